The van der Waals surface area contributed by atoms with Gasteiger partial charge in [-0.1, -0.05) is 23.2 Å². The van der Waals surface area contributed by atoms with Crippen molar-refractivity contribution in [2.45, 2.75) is 19.9 Å². The van der Waals surface area contributed by atoms with Crippen LogP contribution in [0.1, 0.15) is 38.1 Å². The van der Waals surface area contributed by atoms with Crippen LogP contribution >= 0.6 is 34.5 Å². The third-order valence-electron chi connectivity index (χ3n) is 4.52. The number of carbonyl (C=O) groups excluding carboxylic acids is 2. The second-order valence-electron chi connectivity index (χ2n) is 6.06. The SMILES string of the molecule is CC[NH+]1CCc2c(sc(NC(=O)c3ccc(Cl)cc3Cl)c2C(=O)OC)C1. The van der Waals surface area contributed by atoms with Crippen LogP contribution in [0.15, 0.2) is 18.2 Å². The van der Waals surface area contributed by atoms with E-state index >= 15 is 0 Å². The topological polar surface area (TPSA) is 59.8 Å². The van der Waals surface area contributed by atoms with Gasteiger partial charge in [-0.3, -0.25) is 4.79 Å². The summed E-state index contributed by atoms with van der Waals surface area (Å²) in [4.78, 5) is 27.6. The van der Waals surface area contributed by atoms with Crippen LogP contribution in [-0.4, -0.2) is 32.1 Å². The van der Waals surface area contributed by atoms with Crippen molar-refractivity contribution in [2.75, 3.05) is 25.5 Å². The van der Waals surface area contributed by atoms with Crippen LogP contribution in [0.5, 0.6) is 0 Å². The van der Waals surface area contributed by atoms with E-state index in [4.69, 9.17) is 27.9 Å². The van der Waals surface area contributed by atoms with E-state index in [-0.39, 0.29) is 10.9 Å². The summed E-state index contributed by atoms with van der Waals surface area (Å²) in [6, 6.07) is 4.68. The first kappa shape index (κ1) is 19.2. The number of ether oxygens (including phenoxy) is 1. The van der Waals surface area contributed by atoms with Crippen molar-refractivity contribution in [2.24, 2.45) is 0 Å². The van der Waals surface area contributed by atoms with E-state index in [1.54, 1.807) is 12.1 Å². The quantitative estimate of drug-likeness (QED) is 0.757. The minimum absolute atomic E-state index is 0.262. The Morgan fingerprint density at radius 2 is 2.12 bits per heavy atom. The number of halogens is 2. The predicted molar refractivity (Wildman–Crippen MR) is 104 cm³/mol. The Bertz CT molecular complexity index is 866. The lowest BCUT2D eigenvalue weighted by atomic mass is 10.0. The Morgan fingerprint density at radius 3 is 2.77 bits per heavy atom. The molecule has 2 heterocycles. The third-order valence-corrected chi connectivity index (χ3v) is 6.22. The number of fused-ring (bicyclic) bond motifs is 1. The summed E-state index contributed by atoms with van der Waals surface area (Å²) in [6.45, 7) is 4.96. The zero-order valence-corrected chi connectivity index (χ0v) is 16.8. The summed E-state index contributed by atoms with van der Waals surface area (Å²) >= 11 is 13.4. The van der Waals surface area contributed by atoms with Gasteiger partial charge in [-0.25, -0.2) is 4.79 Å². The molecule has 0 bridgehead atoms. The molecule has 1 aromatic carbocycles. The number of methoxy groups -OCH3 is 1. The molecule has 1 aromatic heterocycles. The zero-order valence-electron chi connectivity index (χ0n) is 14.4. The van der Waals surface area contributed by atoms with Gasteiger partial charge >= 0.3 is 5.97 Å². The third kappa shape index (κ3) is 3.74. The molecule has 1 aliphatic rings. The molecule has 0 saturated carbocycles. The number of benzene rings is 1. The number of hydrogen-bond acceptors (Lipinski definition) is 4. The highest BCUT2D eigenvalue weighted by Crippen LogP contribution is 2.36. The zero-order chi connectivity index (χ0) is 18.8. The van der Waals surface area contributed by atoms with Crippen LogP contribution in [-0.2, 0) is 17.7 Å². The lowest BCUT2D eigenvalue weighted by Crippen LogP contribution is -3.11. The number of thiophene rings is 1. The number of quaternary nitrogens is 1. The molecular formula is C18H19Cl2N2O3S+. The molecule has 2 N–H and O–H groups in total. The summed E-state index contributed by atoms with van der Waals surface area (Å²) in [7, 11) is 1.35. The molecule has 5 nitrogen and oxygen atoms in total. The number of rotatable bonds is 4. The van der Waals surface area contributed by atoms with Crippen molar-refractivity contribution in [3.8, 4) is 0 Å². The predicted octanol–water partition coefficient (Wildman–Crippen LogP) is 3.05. The molecule has 0 radical (unpaired) electrons. The maximum atomic E-state index is 12.7. The van der Waals surface area contributed by atoms with Crippen LogP contribution < -0.4 is 10.2 Å². The number of esters is 1. The first-order valence-corrected chi connectivity index (χ1v) is 9.84. The lowest BCUT2D eigenvalue weighted by Gasteiger charge is -2.22. The first-order chi connectivity index (χ1) is 12.4. The van der Waals surface area contributed by atoms with Crippen molar-refractivity contribution >= 4 is 51.4 Å². The Kier molecular flexibility index (Phi) is 5.87. The van der Waals surface area contributed by atoms with Gasteiger partial charge in [0.15, 0.2) is 0 Å². The molecule has 138 valence electrons. The van der Waals surface area contributed by atoms with Gasteiger partial charge < -0.3 is 15.0 Å². The maximum absolute atomic E-state index is 12.7. The Hall–Kier alpha value is -1.60. The molecule has 2 aromatic rings. The highest BCUT2D eigenvalue weighted by molar-refractivity contribution is 7.17. The molecule has 0 spiro atoms. The van der Waals surface area contributed by atoms with Gasteiger partial charge in [-0.05, 0) is 30.7 Å². The average molecular weight is 414 g/mol. The average Bonchev–Trinajstić information content (AvgIpc) is 2.97. The number of anilines is 1. The van der Waals surface area contributed by atoms with Gasteiger partial charge in [0.05, 0.1) is 41.2 Å². The monoisotopic (exact) mass is 413 g/mol. The highest BCUT2D eigenvalue weighted by atomic mass is 35.5. The Morgan fingerprint density at radius 1 is 1.35 bits per heavy atom. The van der Waals surface area contributed by atoms with Gasteiger partial charge in [0.25, 0.3) is 5.91 Å². The summed E-state index contributed by atoms with van der Waals surface area (Å²) < 4.78 is 4.95. The van der Waals surface area contributed by atoms with Crippen molar-refractivity contribution in [1.82, 2.24) is 0 Å². The van der Waals surface area contributed by atoms with E-state index in [9.17, 15) is 9.59 Å². The smallest absolute Gasteiger partial charge is 0.341 e. The molecule has 8 heteroatoms. The van der Waals surface area contributed by atoms with Crippen molar-refractivity contribution in [1.29, 1.82) is 0 Å². The standard InChI is InChI=1S/C18H18Cl2N2O3S/c1-3-22-7-6-12-14(9-22)26-17(15(12)18(24)25-2)21-16(23)11-5-4-10(19)8-13(11)20/h4-5,8H,3,6-7,9H2,1-2H3,(H,21,23)/p+1. The van der Waals surface area contributed by atoms with E-state index in [1.165, 1.54) is 29.4 Å². The minimum Gasteiger partial charge on any atom is -0.465 e. The molecule has 1 aliphatic heterocycles. The molecule has 0 fully saturated rings. The van der Waals surface area contributed by atoms with Crippen LogP contribution in [0.2, 0.25) is 10.0 Å². The van der Waals surface area contributed by atoms with E-state index < -0.39 is 5.97 Å². The number of hydrogen-bond donors (Lipinski definition) is 2. The van der Waals surface area contributed by atoms with Crippen molar-refractivity contribution in [3.63, 3.8) is 0 Å². The van der Waals surface area contributed by atoms with Gasteiger partial charge in [-0.15, -0.1) is 11.3 Å². The van der Waals surface area contributed by atoms with E-state index in [0.717, 1.165) is 36.5 Å². The largest absolute Gasteiger partial charge is 0.465 e. The molecule has 3 rings (SSSR count). The van der Waals surface area contributed by atoms with Gasteiger partial charge in [-0.2, -0.15) is 0 Å². The molecule has 1 amide bonds. The fourth-order valence-corrected chi connectivity index (χ4v) is 4.89. The minimum atomic E-state index is -0.431. The van der Waals surface area contributed by atoms with Crippen LogP contribution in [0, 0.1) is 0 Å². The molecule has 26 heavy (non-hydrogen) atoms. The fourth-order valence-electron chi connectivity index (χ4n) is 3.09. The van der Waals surface area contributed by atoms with Gasteiger partial charge in [0, 0.05) is 11.4 Å². The Balaban J connectivity index is 1.95. The van der Waals surface area contributed by atoms with Gasteiger partial charge in [0.1, 0.15) is 11.5 Å². The Labute approximate surface area is 165 Å². The van der Waals surface area contributed by atoms with Gasteiger partial charge in [0.2, 0.25) is 0 Å². The highest BCUT2D eigenvalue weighted by Gasteiger charge is 2.30. The second kappa shape index (κ2) is 7.96. The fraction of sp³-hybridized carbons (Fsp3) is 0.333. The molecular weight excluding hydrogens is 395 g/mol. The van der Waals surface area contributed by atoms with Crippen LogP contribution in [0.25, 0.3) is 0 Å². The lowest BCUT2D eigenvalue weighted by molar-refractivity contribution is -0.913. The summed E-state index contributed by atoms with van der Waals surface area (Å²) in [5.41, 5.74) is 1.75. The van der Waals surface area contributed by atoms with E-state index in [0.29, 0.717) is 21.2 Å². The number of nitrogens with one attached hydrogen (secondary N) is 2. The molecule has 0 aliphatic carbocycles. The van der Waals surface area contributed by atoms with Crippen LogP contribution in [0.4, 0.5) is 5.00 Å². The van der Waals surface area contributed by atoms with Crippen molar-refractivity contribution < 1.29 is 19.2 Å². The number of likely N-dealkylation sites (N-methyl/N-ethyl adjacent to an activating group) is 1. The summed E-state index contributed by atoms with van der Waals surface area (Å²) in [5, 5.41) is 4.06. The van der Waals surface area contributed by atoms with Crippen molar-refractivity contribution in [3.05, 3.63) is 49.8 Å². The molecule has 0 saturated heterocycles. The normalized spacial score (nSPS) is 16.1. The molecule has 1 unspecified atom stereocenters. The summed E-state index contributed by atoms with van der Waals surface area (Å²) in [5.74, 6) is -0.810. The molecule has 1 atom stereocenters. The van der Waals surface area contributed by atoms with E-state index in [2.05, 4.69) is 12.2 Å². The summed E-state index contributed by atoms with van der Waals surface area (Å²) in [6.07, 6.45) is 0.789. The number of carbonyl (C=O) groups is 2. The second-order valence-corrected chi connectivity index (χ2v) is 8.01. The number of amides is 1. The maximum Gasteiger partial charge on any atom is 0.341 e. The van der Waals surface area contributed by atoms with Crippen LogP contribution in [0.3, 0.4) is 0 Å². The van der Waals surface area contributed by atoms with E-state index in [1.807, 2.05) is 0 Å². The first-order valence-electron chi connectivity index (χ1n) is 8.27.